The van der Waals surface area contributed by atoms with E-state index in [1.807, 2.05) is 13.8 Å². The molecule has 2 aromatic rings. The average Bonchev–Trinajstić information content (AvgIpc) is 2.50. The summed E-state index contributed by atoms with van der Waals surface area (Å²) in [7, 11) is 0. The molecular formula is C15H16Cl2N4O. The number of benzene rings is 1. The van der Waals surface area contributed by atoms with Crippen LogP contribution < -0.4 is 10.6 Å². The molecule has 0 aliphatic rings. The van der Waals surface area contributed by atoms with Gasteiger partial charge in [-0.25, -0.2) is 0 Å². The van der Waals surface area contributed by atoms with E-state index in [-0.39, 0.29) is 17.6 Å². The van der Waals surface area contributed by atoms with Gasteiger partial charge in [0.25, 0.3) is 5.91 Å². The molecule has 2 N–H and O–H groups in total. The first-order chi connectivity index (χ1) is 10.5. The number of aromatic nitrogens is 2. The molecule has 1 aromatic carbocycles. The van der Waals surface area contributed by atoms with Crippen LogP contribution in [-0.4, -0.2) is 22.1 Å². The second kappa shape index (κ2) is 7.42. The van der Waals surface area contributed by atoms with E-state index in [1.165, 1.54) is 0 Å². The highest BCUT2D eigenvalue weighted by Crippen LogP contribution is 2.27. The lowest BCUT2D eigenvalue weighted by atomic mass is 10.2. The molecule has 0 aliphatic carbocycles. The summed E-state index contributed by atoms with van der Waals surface area (Å²) in [6, 6.07) is 8.47. The standard InChI is InChI=1S/C15H16Cl2N4O/c1-3-9(2)18-15(22)13-6-7-14(21-20-13)19-12-5-4-10(16)8-11(12)17/h4-9H,3H2,1-2H3,(H,18,22)(H,19,21). The Bertz CT molecular complexity index is 661. The first-order valence-corrected chi connectivity index (χ1v) is 7.62. The van der Waals surface area contributed by atoms with Crippen LogP contribution >= 0.6 is 23.2 Å². The second-order valence-corrected chi connectivity index (χ2v) is 5.68. The zero-order valence-corrected chi connectivity index (χ0v) is 13.7. The van der Waals surface area contributed by atoms with E-state index >= 15 is 0 Å². The predicted octanol–water partition coefficient (Wildman–Crippen LogP) is 4.06. The van der Waals surface area contributed by atoms with E-state index in [0.29, 0.717) is 21.6 Å². The van der Waals surface area contributed by atoms with Crippen molar-refractivity contribution in [3.05, 3.63) is 46.1 Å². The third-order valence-electron chi connectivity index (χ3n) is 3.08. The van der Waals surface area contributed by atoms with Gasteiger partial charge in [0.2, 0.25) is 0 Å². The minimum atomic E-state index is -0.238. The number of rotatable bonds is 5. The Morgan fingerprint density at radius 3 is 2.59 bits per heavy atom. The molecule has 1 amide bonds. The van der Waals surface area contributed by atoms with Crippen molar-refractivity contribution in [3.8, 4) is 0 Å². The molecule has 1 aromatic heterocycles. The van der Waals surface area contributed by atoms with E-state index in [0.717, 1.165) is 6.42 Å². The third-order valence-corrected chi connectivity index (χ3v) is 3.63. The summed E-state index contributed by atoms with van der Waals surface area (Å²) in [6.45, 7) is 3.93. The Kier molecular flexibility index (Phi) is 5.57. The van der Waals surface area contributed by atoms with Gasteiger partial charge in [-0.3, -0.25) is 4.79 Å². The Morgan fingerprint density at radius 2 is 2.00 bits per heavy atom. The maximum absolute atomic E-state index is 11.9. The van der Waals surface area contributed by atoms with Crippen molar-refractivity contribution in [2.75, 3.05) is 5.32 Å². The van der Waals surface area contributed by atoms with Crippen LogP contribution in [0, 0.1) is 0 Å². The van der Waals surface area contributed by atoms with E-state index in [9.17, 15) is 4.79 Å². The van der Waals surface area contributed by atoms with Crippen LogP contribution in [0.3, 0.4) is 0 Å². The van der Waals surface area contributed by atoms with Gasteiger partial charge in [-0.1, -0.05) is 30.1 Å². The van der Waals surface area contributed by atoms with Crippen molar-refractivity contribution in [2.24, 2.45) is 0 Å². The normalized spacial score (nSPS) is 11.8. The summed E-state index contributed by atoms with van der Waals surface area (Å²) in [6.07, 6.45) is 0.855. The van der Waals surface area contributed by atoms with Gasteiger partial charge in [-0.2, -0.15) is 0 Å². The molecule has 0 radical (unpaired) electrons. The molecule has 0 fully saturated rings. The van der Waals surface area contributed by atoms with Crippen LogP contribution in [0.25, 0.3) is 0 Å². The lowest BCUT2D eigenvalue weighted by molar-refractivity contribution is 0.0933. The number of anilines is 2. The summed E-state index contributed by atoms with van der Waals surface area (Å²) in [5.41, 5.74) is 0.935. The van der Waals surface area contributed by atoms with Crippen LogP contribution in [0.4, 0.5) is 11.5 Å². The first kappa shape index (κ1) is 16.5. The monoisotopic (exact) mass is 338 g/mol. The Balaban J connectivity index is 2.07. The highest BCUT2D eigenvalue weighted by Gasteiger charge is 2.11. The second-order valence-electron chi connectivity index (χ2n) is 4.84. The van der Waals surface area contributed by atoms with Gasteiger partial charge in [0.15, 0.2) is 11.5 Å². The molecule has 1 unspecified atom stereocenters. The van der Waals surface area contributed by atoms with E-state index in [1.54, 1.807) is 30.3 Å². The summed E-state index contributed by atoms with van der Waals surface area (Å²) in [5, 5.41) is 14.8. The number of carbonyl (C=O) groups excluding carboxylic acids is 1. The minimum Gasteiger partial charge on any atom is -0.348 e. The van der Waals surface area contributed by atoms with Crippen molar-refractivity contribution in [2.45, 2.75) is 26.3 Å². The predicted molar refractivity (Wildman–Crippen MR) is 89.0 cm³/mol. The summed E-state index contributed by atoms with van der Waals surface area (Å²) in [5.74, 6) is 0.252. The van der Waals surface area contributed by atoms with Gasteiger partial charge in [0.05, 0.1) is 10.7 Å². The van der Waals surface area contributed by atoms with E-state index in [4.69, 9.17) is 23.2 Å². The largest absolute Gasteiger partial charge is 0.348 e. The molecular weight excluding hydrogens is 323 g/mol. The van der Waals surface area contributed by atoms with Crippen molar-refractivity contribution in [3.63, 3.8) is 0 Å². The van der Waals surface area contributed by atoms with Gasteiger partial charge in [0, 0.05) is 11.1 Å². The zero-order valence-electron chi connectivity index (χ0n) is 12.2. The van der Waals surface area contributed by atoms with Crippen LogP contribution in [0.2, 0.25) is 10.0 Å². The molecule has 116 valence electrons. The zero-order chi connectivity index (χ0) is 16.1. The van der Waals surface area contributed by atoms with Crippen molar-refractivity contribution in [1.29, 1.82) is 0 Å². The SMILES string of the molecule is CCC(C)NC(=O)c1ccc(Nc2ccc(Cl)cc2Cl)nn1. The van der Waals surface area contributed by atoms with Gasteiger partial charge in [-0.05, 0) is 43.7 Å². The molecule has 7 heteroatoms. The number of nitrogens with zero attached hydrogens (tertiary/aromatic N) is 2. The molecule has 2 rings (SSSR count). The molecule has 0 spiro atoms. The minimum absolute atomic E-state index is 0.0972. The van der Waals surface area contributed by atoms with Crippen LogP contribution in [0.1, 0.15) is 30.8 Å². The fraction of sp³-hybridized carbons (Fsp3) is 0.267. The number of hydrogen-bond acceptors (Lipinski definition) is 4. The van der Waals surface area contributed by atoms with Crippen LogP contribution in [0.5, 0.6) is 0 Å². The molecule has 5 nitrogen and oxygen atoms in total. The fourth-order valence-electron chi connectivity index (χ4n) is 1.65. The molecule has 0 saturated carbocycles. The van der Waals surface area contributed by atoms with E-state index in [2.05, 4.69) is 20.8 Å². The third kappa shape index (κ3) is 4.32. The maximum Gasteiger partial charge on any atom is 0.272 e. The maximum atomic E-state index is 11.9. The number of amides is 1. The molecule has 1 heterocycles. The molecule has 1 atom stereocenters. The Morgan fingerprint density at radius 1 is 1.23 bits per heavy atom. The van der Waals surface area contributed by atoms with Gasteiger partial charge >= 0.3 is 0 Å². The highest BCUT2D eigenvalue weighted by molar-refractivity contribution is 6.36. The Labute approximate surface area is 139 Å². The van der Waals surface area contributed by atoms with Crippen molar-refractivity contribution < 1.29 is 4.79 Å². The number of hydrogen-bond donors (Lipinski definition) is 2. The molecule has 0 saturated heterocycles. The van der Waals surface area contributed by atoms with E-state index < -0.39 is 0 Å². The Hall–Kier alpha value is -1.85. The average molecular weight is 339 g/mol. The lowest BCUT2D eigenvalue weighted by Crippen LogP contribution is -2.32. The summed E-state index contributed by atoms with van der Waals surface area (Å²) >= 11 is 11.9. The van der Waals surface area contributed by atoms with Crippen molar-refractivity contribution >= 4 is 40.6 Å². The number of carbonyl (C=O) groups is 1. The van der Waals surface area contributed by atoms with Crippen LogP contribution in [0.15, 0.2) is 30.3 Å². The molecule has 0 aliphatic heterocycles. The number of nitrogens with one attached hydrogen (secondary N) is 2. The first-order valence-electron chi connectivity index (χ1n) is 6.86. The fourth-order valence-corrected chi connectivity index (χ4v) is 2.10. The highest BCUT2D eigenvalue weighted by atomic mass is 35.5. The van der Waals surface area contributed by atoms with Gasteiger partial charge < -0.3 is 10.6 Å². The topological polar surface area (TPSA) is 66.9 Å². The molecule has 0 bridgehead atoms. The van der Waals surface area contributed by atoms with Gasteiger partial charge in [0.1, 0.15) is 0 Å². The smallest absolute Gasteiger partial charge is 0.272 e. The lowest BCUT2D eigenvalue weighted by Gasteiger charge is -2.11. The van der Waals surface area contributed by atoms with Crippen molar-refractivity contribution in [1.82, 2.24) is 15.5 Å². The van der Waals surface area contributed by atoms with Gasteiger partial charge in [-0.15, -0.1) is 10.2 Å². The van der Waals surface area contributed by atoms with Crippen LogP contribution in [-0.2, 0) is 0 Å². The summed E-state index contributed by atoms with van der Waals surface area (Å²) in [4.78, 5) is 11.9. The quantitative estimate of drug-likeness (QED) is 0.862. The summed E-state index contributed by atoms with van der Waals surface area (Å²) < 4.78 is 0. The molecule has 22 heavy (non-hydrogen) atoms. The number of halogens is 2.